The third-order valence-corrected chi connectivity index (χ3v) is 7.84. The van der Waals surface area contributed by atoms with Crippen LogP contribution in [0.4, 0.5) is 14.4 Å². The monoisotopic (exact) mass is 639 g/mol. The Hall–Kier alpha value is -3.15. The van der Waals surface area contributed by atoms with E-state index in [1.807, 2.05) is 18.2 Å². The number of rotatable bonds is 25. The van der Waals surface area contributed by atoms with E-state index in [-0.39, 0.29) is 24.7 Å². The highest BCUT2D eigenvalue weighted by Crippen LogP contribution is 2.11. The number of benzene rings is 1. The third-order valence-electron chi connectivity index (χ3n) is 6.66. The molecule has 0 spiro atoms. The molecule has 3 amide bonds. The largest absolute Gasteiger partial charge is 0.480 e. The summed E-state index contributed by atoms with van der Waals surface area (Å²) in [5, 5.41) is 17.4. The van der Waals surface area contributed by atoms with Gasteiger partial charge in [0.25, 0.3) is 0 Å². The summed E-state index contributed by atoms with van der Waals surface area (Å²) in [6, 6.07) is 7.81. The Kier molecular flexibility index (Phi) is 23.2. The predicted octanol–water partition coefficient (Wildman–Crippen LogP) is 6.64. The molecule has 1 aromatic carbocycles. The number of aliphatic carboxylic acids is 1. The van der Waals surface area contributed by atoms with Crippen molar-refractivity contribution >= 4 is 36.0 Å². The summed E-state index contributed by atoms with van der Waals surface area (Å²) in [4.78, 5) is 48.6. The summed E-state index contributed by atoms with van der Waals surface area (Å²) in [6.07, 6.45) is 10.2. The average Bonchev–Trinajstić information content (AvgIpc) is 3.01. The first-order valence-corrected chi connectivity index (χ1v) is 17.1. The summed E-state index contributed by atoms with van der Waals surface area (Å²) < 4.78 is 15.9. The summed E-state index contributed by atoms with van der Waals surface area (Å²) in [5.74, 6) is -1.09. The van der Waals surface area contributed by atoms with Crippen LogP contribution in [0.1, 0.15) is 96.5 Å². The van der Waals surface area contributed by atoms with E-state index in [9.17, 15) is 24.3 Å². The fourth-order valence-electron chi connectivity index (χ4n) is 4.12. The van der Waals surface area contributed by atoms with Crippen LogP contribution in [0, 0.1) is 0 Å². The molecule has 0 aromatic heterocycles. The van der Waals surface area contributed by atoms with Gasteiger partial charge in [-0.2, -0.15) is 11.8 Å². The molecule has 0 radical (unpaired) electrons. The molecule has 12 heteroatoms. The highest BCUT2D eigenvalue weighted by molar-refractivity contribution is 7.99. The van der Waals surface area contributed by atoms with Crippen LogP contribution in [-0.4, -0.2) is 72.7 Å². The topological polar surface area (TPSA) is 152 Å². The Morgan fingerprint density at radius 3 is 1.89 bits per heavy atom. The Labute approximate surface area is 266 Å². The van der Waals surface area contributed by atoms with Crippen LogP contribution < -0.4 is 16.0 Å². The van der Waals surface area contributed by atoms with E-state index in [2.05, 4.69) is 29.8 Å². The molecule has 0 aliphatic rings. The summed E-state index contributed by atoms with van der Waals surface area (Å²) >= 11 is 1.15. The fraction of sp³-hybridized carbons (Fsp3) is 0.688. The number of alkyl carbamates (subject to hydrolysis) is 3. The van der Waals surface area contributed by atoms with Gasteiger partial charge in [0, 0.05) is 24.6 Å². The number of carboxylic acid groups (broad SMARTS) is 1. The second-order valence-corrected chi connectivity index (χ2v) is 11.7. The molecule has 11 nitrogen and oxygen atoms in total. The van der Waals surface area contributed by atoms with Crippen LogP contribution in [0.3, 0.4) is 0 Å². The lowest BCUT2D eigenvalue weighted by Crippen LogP contribution is -2.43. The smallest absolute Gasteiger partial charge is 0.408 e. The molecular formula is C32H53N3O8S. The number of thioether (sulfide) groups is 1. The van der Waals surface area contributed by atoms with E-state index < -0.39 is 36.4 Å². The summed E-state index contributed by atoms with van der Waals surface area (Å²) in [7, 11) is 0. The van der Waals surface area contributed by atoms with Crippen LogP contribution in [0.25, 0.3) is 0 Å². The molecule has 0 aliphatic carbocycles. The second-order valence-electron chi connectivity index (χ2n) is 10.6. The van der Waals surface area contributed by atoms with Crippen LogP contribution in [0.2, 0.25) is 0 Å². The fourth-order valence-corrected chi connectivity index (χ4v) is 5.14. The normalized spacial score (nSPS) is 12.0. The lowest BCUT2D eigenvalue weighted by Gasteiger charge is -2.20. The minimum absolute atomic E-state index is 0.00812. The standard InChI is InChI=1S/C32H53N3O8S/c1-3-5-7-9-11-16-20-33-30(38)42-23-27(43-31(39)34-21-17-12-10-8-6-4-2)24-44-25-28(29(36)37)35-32(40)41-22-26-18-14-13-15-19-26/h13-15,18-19,27-28H,3-12,16-17,20-25H2,1-2H3,(H,33,38)(H,34,39)(H,35,40)(H,36,37)/t27-,28?/m0/s1. The maximum Gasteiger partial charge on any atom is 0.408 e. The zero-order valence-corrected chi connectivity index (χ0v) is 27.3. The molecule has 44 heavy (non-hydrogen) atoms. The van der Waals surface area contributed by atoms with Gasteiger partial charge in [0.05, 0.1) is 0 Å². The molecule has 250 valence electrons. The molecule has 2 atom stereocenters. The number of nitrogens with one attached hydrogen (secondary N) is 3. The van der Waals surface area contributed by atoms with Crippen molar-refractivity contribution in [3.8, 4) is 0 Å². The number of carboxylic acids is 1. The molecule has 0 bridgehead atoms. The van der Waals surface area contributed by atoms with Gasteiger partial charge in [-0.25, -0.2) is 19.2 Å². The number of carbonyl (C=O) groups is 4. The zero-order valence-electron chi connectivity index (χ0n) is 26.5. The second kappa shape index (κ2) is 26.3. The lowest BCUT2D eigenvalue weighted by molar-refractivity contribution is -0.138. The van der Waals surface area contributed by atoms with E-state index in [1.54, 1.807) is 12.1 Å². The SMILES string of the molecule is CCCCCCCCNC(=O)OC[C@@H](CSCC(NC(=O)OCc1ccccc1)C(=O)O)OC(=O)NCCCCCCCC. The minimum atomic E-state index is -1.23. The molecular weight excluding hydrogens is 586 g/mol. The Bertz CT molecular complexity index is 922. The van der Waals surface area contributed by atoms with E-state index in [0.717, 1.165) is 55.9 Å². The molecule has 0 heterocycles. The van der Waals surface area contributed by atoms with Gasteiger partial charge in [0.1, 0.15) is 25.4 Å². The Balaban J connectivity index is 2.52. The van der Waals surface area contributed by atoms with E-state index in [1.165, 1.54) is 38.5 Å². The number of amides is 3. The number of carbonyl (C=O) groups excluding carboxylic acids is 3. The van der Waals surface area contributed by atoms with Gasteiger partial charge in [-0.15, -0.1) is 0 Å². The van der Waals surface area contributed by atoms with Crippen molar-refractivity contribution < 1.29 is 38.5 Å². The van der Waals surface area contributed by atoms with Crippen LogP contribution in [0.15, 0.2) is 30.3 Å². The highest BCUT2D eigenvalue weighted by atomic mass is 32.2. The molecule has 1 aromatic rings. The van der Waals surface area contributed by atoms with Crippen molar-refractivity contribution in [1.29, 1.82) is 0 Å². The van der Waals surface area contributed by atoms with Crippen molar-refractivity contribution in [2.24, 2.45) is 0 Å². The maximum atomic E-state index is 12.4. The number of ether oxygens (including phenoxy) is 3. The first-order chi connectivity index (χ1) is 21.3. The summed E-state index contributed by atoms with van der Waals surface area (Å²) in [5.41, 5.74) is 0.773. The average molecular weight is 640 g/mol. The van der Waals surface area contributed by atoms with E-state index in [4.69, 9.17) is 14.2 Å². The molecule has 0 fully saturated rings. The van der Waals surface area contributed by atoms with Crippen LogP contribution in [0.5, 0.6) is 0 Å². The molecule has 0 saturated carbocycles. The van der Waals surface area contributed by atoms with Gasteiger partial charge in [0.15, 0.2) is 0 Å². The van der Waals surface area contributed by atoms with Gasteiger partial charge < -0.3 is 35.3 Å². The number of hydrogen-bond acceptors (Lipinski definition) is 8. The van der Waals surface area contributed by atoms with E-state index >= 15 is 0 Å². The van der Waals surface area contributed by atoms with Crippen molar-refractivity contribution in [3.63, 3.8) is 0 Å². The number of hydrogen-bond donors (Lipinski definition) is 4. The zero-order chi connectivity index (χ0) is 32.3. The first kappa shape index (κ1) is 38.9. The lowest BCUT2D eigenvalue weighted by atomic mass is 10.1. The molecule has 0 aliphatic heterocycles. The molecule has 1 rings (SSSR count). The van der Waals surface area contributed by atoms with Crippen LogP contribution >= 0.6 is 11.8 Å². The van der Waals surface area contributed by atoms with Gasteiger partial charge in [-0.05, 0) is 18.4 Å². The van der Waals surface area contributed by atoms with Gasteiger partial charge in [-0.1, -0.05) is 108 Å². The maximum absolute atomic E-state index is 12.4. The Morgan fingerprint density at radius 2 is 1.30 bits per heavy atom. The number of unbranched alkanes of at least 4 members (excludes halogenated alkanes) is 10. The quantitative estimate of drug-likeness (QED) is 0.0681. The minimum Gasteiger partial charge on any atom is -0.480 e. The van der Waals surface area contributed by atoms with Crippen molar-refractivity contribution in [1.82, 2.24) is 16.0 Å². The molecule has 1 unspecified atom stereocenters. The van der Waals surface area contributed by atoms with Crippen molar-refractivity contribution in [2.45, 2.75) is 110 Å². The molecule has 0 saturated heterocycles. The van der Waals surface area contributed by atoms with Crippen LogP contribution in [-0.2, 0) is 25.6 Å². The van der Waals surface area contributed by atoms with Gasteiger partial charge in [-0.3, -0.25) is 0 Å². The molecule has 4 N–H and O–H groups in total. The predicted molar refractivity (Wildman–Crippen MR) is 173 cm³/mol. The third kappa shape index (κ3) is 21.5. The first-order valence-electron chi connectivity index (χ1n) is 16.0. The van der Waals surface area contributed by atoms with Gasteiger partial charge in [0.2, 0.25) is 0 Å². The summed E-state index contributed by atoms with van der Waals surface area (Å²) in [6.45, 7) is 5.11. The Morgan fingerprint density at radius 1 is 0.727 bits per heavy atom. The van der Waals surface area contributed by atoms with E-state index in [0.29, 0.717) is 13.1 Å². The van der Waals surface area contributed by atoms with Crippen molar-refractivity contribution in [3.05, 3.63) is 35.9 Å². The highest BCUT2D eigenvalue weighted by Gasteiger charge is 2.23. The van der Waals surface area contributed by atoms with Crippen molar-refractivity contribution in [2.75, 3.05) is 31.2 Å². The van der Waals surface area contributed by atoms with Gasteiger partial charge >= 0.3 is 24.2 Å².